The summed E-state index contributed by atoms with van der Waals surface area (Å²) in [6, 6.07) is 16.5. The number of carbonyl (C=O) groups excluding carboxylic acids is 1. The third kappa shape index (κ3) is 6.37. The number of aliphatic hydroxyl groups excluding tert-OH is 1. The molecule has 0 heterocycles. The zero-order valence-corrected chi connectivity index (χ0v) is 18.7. The molecule has 7 heteroatoms. The van der Waals surface area contributed by atoms with Crippen LogP contribution >= 0.6 is 0 Å². The summed E-state index contributed by atoms with van der Waals surface area (Å²) in [7, 11) is 3.03. The first-order valence-corrected chi connectivity index (χ1v) is 9.99. The van der Waals surface area contributed by atoms with Crippen LogP contribution in [-0.4, -0.2) is 48.5 Å². The van der Waals surface area contributed by atoms with Crippen molar-refractivity contribution in [1.29, 1.82) is 5.26 Å². The second-order valence-corrected chi connectivity index (χ2v) is 8.11. The molecule has 0 saturated carbocycles. The molecule has 0 saturated heterocycles. The summed E-state index contributed by atoms with van der Waals surface area (Å²) in [5.74, 6) is 0.118. The van der Waals surface area contributed by atoms with E-state index in [4.69, 9.17) is 14.2 Å². The molecule has 2 aromatic rings. The first kappa shape index (κ1) is 24.0. The van der Waals surface area contributed by atoms with Gasteiger partial charge in [-0.05, 0) is 44.0 Å². The van der Waals surface area contributed by atoms with Gasteiger partial charge in [0.15, 0.2) is 11.5 Å². The normalized spacial score (nSPS) is 12.9. The SMILES string of the molecule is COc1ccc(C(C#N)C(O)CN(C(=O)OCc2ccccc2)C(C)(C)C)cc1OC. The van der Waals surface area contributed by atoms with Gasteiger partial charge in [0.2, 0.25) is 0 Å². The minimum atomic E-state index is -1.13. The van der Waals surface area contributed by atoms with E-state index >= 15 is 0 Å². The van der Waals surface area contributed by atoms with Gasteiger partial charge in [-0.25, -0.2) is 4.79 Å². The van der Waals surface area contributed by atoms with Crippen molar-refractivity contribution in [3.63, 3.8) is 0 Å². The summed E-state index contributed by atoms with van der Waals surface area (Å²) in [4.78, 5) is 14.2. The van der Waals surface area contributed by atoms with Crippen molar-refractivity contribution >= 4 is 6.09 Å². The van der Waals surface area contributed by atoms with Crippen molar-refractivity contribution in [3.8, 4) is 17.6 Å². The molecule has 0 aromatic heterocycles. The molecule has 2 rings (SSSR count). The third-order valence-electron chi connectivity index (χ3n) is 4.90. The molecule has 7 nitrogen and oxygen atoms in total. The molecule has 1 amide bonds. The Hall–Kier alpha value is -3.24. The Balaban J connectivity index is 2.17. The molecule has 2 unspecified atom stereocenters. The predicted molar refractivity (Wildman–Crippen MR) is 117 cm³/mol. The van der Waals surface area contributed by atoms with E-state index in [-0.39, 0.29) is 13.2 Å². The van der Waals surface area contributed by atoms with Gasteiger partial charge in [-0.1, -0.05) is 36.4 Å². The number of methoxy groups -OCH3 is 2. The van der Waals surface area contributed by atoms with Gasteiger partial charge in [-0.3, -0.25) is 0 Å². The number of aliphatic hydroxyl groups is 1. The highest BCUT2D eigenvalue weighted by molar-refractivity contribution is 5.68. The Morgan fingerprint density at radius 2 is 1.74 bits per heavy atom. The average molecular weight is 427 g/mol. The molecule has 0 aliphatic heterocycles. The Bertz CT molecular complexity index is 902. The van der Waals surface area contributed by atoms with Crippen molar-refractivity contribution in [1.82, 2.24) is 4.90 Å². The van der Waals surface area contributed by atoms with Gasteiger partial charge in [0.1, 0.15) is 6.61 Å². The van der Waals surface area contributed by atoms with E-state index in [0.29, 0.717) is 17.1 Å². The summed E-state index contributed by atoms with van der Waals surface area (Å²) >= 11 is 0. The van der Waals surface area contributed by atoms with Crippen molar-refractivity contribution < 1.29 is 24.1 Å². The Labute approximate surface area is 183 Å². The van der Waals surface area contributed by atoms with Crippen LogP contribution in [0.1, 0.15) is 37.8 Å². The number of amides is 1. The van der Waals surface area contributed by atoms with E-state index in [2.05, 4.69) is 6.07 Å². The lowest BCUT2D eigenvalue weighted by Crippen LogP contribution is -2.50. The van der Waals surface area contributed by atoms with Crippen LogP contribution in [-0.2, 0) is 11.3 Å². The van der Waals surface area contributed by atoms with Crippen molar-refractivity contribution in [2.24, 2.45) is 0 Å². The maximum atomic E-state index is 12.8. The second kappa shape index (κ2) is 10.7. The van der Waals surface area contributed by atoms with Crippen LogP contribution in [0.2, 0.25) is 0 Å². The molecule has 0 spiro atoms. The van der Waals surface area contributed by atoms with Gasteiger partial charge >= 0.3 is 6.09 Å². The molecule has 0 bridgehead atoms. The Kier molecular flexibility index (Phi) is 8.29. The van der Waals surface area contributed by atoms with Gasteiger partial charge in [0.05, 0.1) is 38.9 Å². The molecule has 0 aliphatic carbocycles. The number of ether oxygens (including phenoxy) is 3. The highest BCUT2D eigenvalue weighted by Crippen LogP contribution is 2.32. The van der Waals surface area contributed by atoms with E-state index < -0.39 is 23.7 Å². The fourth-order valence-electron chi connectivity index (χ4n) is 3.14. The minimum Gasteiger partial charge on any atom is -0.493 e. The molecule has 31 heavy (non-hydrogen) atoms. The second-order valence-electron chi connectivity index (χ2n) is 8.11. The monoisotopic (exact) mass is 426 g/mol. The quantitative estimate of drug-likeness (QED) is 0.683. The van der Waals surface area contributed by atoms with Crippen molar-refractivity contribution in [3.05, 3.63) is 59.7 Å². The molecule has 0 radical (unpaired) electrons. The largest absolute Gasteiger partial charge is 0.493 e. The number of hydrogen-bond donors (Lipinski definition) is 1. The zero-order chi connectivity index (χ0) is 23.0. The number of nitriles is 1. The molecule has 0 aliphatic rings. The Morgan fingerprint density at radius 3 is 2.29 bits per heavy atom. The Morgan fingerprint density at radius 1 is 1.10 bits per heavy atom. The maximum absolute atomic E-state index is 12.8. The fourth-order valence-corrected chi connectivity index (χ4v) is 3.14. The topological polar surface area (TPSA) is 92.0 Å². The molecule has 166 valence electrons. The van der Waals surface area contributed by atoms with Crippen molar-refractivity contribution in [2.45, 2.75) is 44.9 Å². The van der Waals surface area contributed by atoms with Crippen LogP contribution in [0.5, 0.6) is 11.5 Å². The molecular weight excluding hydrogens is 396 g/mol. The maximum Gasteiger partial charge on any atom is 0.410 e. The van der Waals surface area contributed by atoms with Crippen LogP contribution < -0.4 is 9.47 Å². The van der Waals surface area contributed by atoms with E-state index in [1.54, 1.807) is 18.2 Å². The van der Waals surface area contributed by atoms with E-state index in [9.17, 15) is 15.2 Å². The summed E-state index contributed by atoms with van der Waals surface area (Å²) in [6.45, 7) is 5.60. The van der Waals surface area contributed by atoms with E-state index in [1.807, 2.05) is 51.1 Å². The first-order chi connectivity index (χ1) is 14.7. The highest BCUT2D eigenvalue weighted by Gasteiger charge is 2.33. The lowest BCUT2D eigenvalue weighted by molar-refractivity contribution is 0.0304. The fraction of sp³-hybridized carbons (Fsp3) is 0.417. The van der Waals surface area contributed by atoms with Gasteiger partial charge in [-0.2, -0.15) is 5.26 Å². The number of rotatable bonds is 8. The number of benzene rings is 2. The minimum absolute atomic E-state index is 0.0658. The van der Waals surface area contributed by atoms with Crippen LogP contribution in [0, 0.1) is 11.3 Å². The number of β-amino-alcohol motifs (C(OH)–C–C–N with tert-alkyl or cyclic N) is 1. The summed E-state index contributed by atoms with van der Waals surface area (Å²) in [5.41, 5.74) is 0.816. The molecule has 2 atom stereocenters. The predicted octanol–water partition coefficient (Wildman–Crippen LogP) is 4.11. The van der Waals surface area contributed by atoms with Crippen LogP contribution in [0.3, 0.4) is 0 Å². The highest BCUT2D eigenvalue weighted by atomic mass is 16.6. The molecular formula is C24H30N2O5. The lowest BCUT2D eigenvalue weighted by atomic mass is 9.93. The number of carbonyl (C=O) groups is 1. The van der Waals surface area contributed by atoms with Crippen LogP contribution in [0.15, 0.2) is 48.5 Å². The molecule has 1 N–H and O–H groups in total. The summed E-state index contributed by atoms with van der Waals surface area (Å²) < 4.78 is 16.0. The van der Waals surface area contributed by atoms with Gasteiger partial charge in [0.25, 0.3) is 0 Å². The van der Waals surface area contributed by atoms with Gasteiger partial charge in [-0.15, -0.1) is 0 Å². The number of hydrogen-bond acceptors (Lipinski definition) is 6. The summed E-state index contributed by atoms with van der Waals surface area (Å²) in [5, 5.41) is 20.6. The van der Waals surface area contributed by atoms with E-state index in [1.165, 1.54) is 19.1 Å². The third-order valence-corrected chi connectivity index (χ3v) is 4.90. The van der Waals surface area contributed by atoms with Gasteiger partial charge < -0.3 is 24.2 Å². The standard InChI is InChI=1S/C24H30N2O5/c1-24(2,3)26(23(28)31-16-17-9-7-6-8-10-17)15-20(27)19(14-25)18-11-12-21(29-4)22(13-18)30-5/h6-13,19-20,27H,15-16H2,1-5H3. The van der Waals surface area contributed by atoms with E-state index in [0.717, 1.165) is 5.56 Å². The summed E-state index contributed by atoms with van der Waals surface area (Å²) in [6.07, 6.45) is -1.69. The lowest BCUT2D eigenvalue weighted by Gasteiger charge is -2.37. The van der Waals surface area contributed by atoms with Crippen molar-refractivity contribution in [2.75, 3.05) is 20.8 Å². The van der Waals surface area contributed by atoms with Crippen LogP contribution in [0.4, 0.5) is 4.79 Å². The van der Waals surface area contributed by atoms with Gasteiger partial charge in [0, 0.05) is 5.54 Å². The van der Waals surface area contributed by atoms with Crippen LogP contribution in [0.25, 0.3) is 0 Å². The zero-order valence-electron chi connectivity index (χ0n) is 18.7. The smallest absolute Gasteiger partial charge is 0.410 e. The average Bonchev–Trinajstić information content (AvgIpc) is 2.76. The first-order valence-electron chi connectivity index (χ1n) is 9.99. The molecule has 2 aromatic carbocycles. The molecule has 0 fully saturated rings. The number of nitrogens with zero attached hydrogens (tertiary/aromatic N) is 2.